The Morgan fingerprint density at radius 2 is 1.87 bits per heavy atom. The highest BCUT2D eigenvalue weighted by Crippen LogP contribution is 2.45. The van der Waals surface area contributed by atoms with Crippen LogP contribution in [0.15, 0.2) is 42.5 Å². The van der Waals surface area contributed by atoms with Crippen molar-refractivity contribution in [3.8, 4) is 11.4 Å². The number of rotatable bonds is 4. The second-order valence-corrected chi connectivity index (χ2v) is 8.50. The van der Waals surface area contributed by atoms with Gasteiger partial charge in [-0.1, -0.05) is 25.0 Å². The van der Waals surface area contributed by atoms with Crippen molar-refractivity contribution in [3.63, 3.8) is 0 Å². The fourth-order valence-corrected chi connectivity index (χ4v) is 4.66. The number of carbonyl (C=O) groups excluding carboxylic acids is 1. The van der Waals surface area contributed by atoms with Gasteiger partial charge in [0, 0.05) is 18.5 Å². The van der Waals surface area contributed by atoms with Gasteiger partial charge in [-0.05, 0) is 61.6 Å². The molecule has 1 fully saturated rings. The molecule has 160 valence electrons. The van der Waals surface area contributed by atoms with E-state index >= 15 is 0 Å². The highest BCUT2D eigenvalue weighted by Gasteiger charge is 2.46. The van der Waals surface area contributed by atoms with Crippen molar-refractivity contribution in [3.05, 3.63) is 65.5 Å². The number of benzene rings is 2. The summed E-state index contributed by atoms with van der Waals surface area (Å²) < 4.78 is 30.5. The molecule has 1 aliphatic carbocycles. The molecule has 2 heterocycles. The summed E-state index contributed by atoms with van der Waals surface area (Å²) >= 11 is 0. The zero-order valence-electron chi connectivity index (χ0n) is 17.2. The monoisotopic (exact) mass is 422 g/mol. The van der Waals surface area contributed by atoms with E-state index < -0.39 is 11.2 Å². The maximum absolute atomic E-state index is 14.6. The number of fused-ring (bicyclic) bond motifs is 1. The smallest absolute Gasteiger partial charge is 0.235 e. The molecule has 0 saturated heterocycles. The highest BCUT2D eigenvalue weighted by molar-refractivity contribution is 6.00. The zero-order chi connectivity index (χ0) is 21.4. The molecular weight excluding hydrogens is 398 g/mol. The summed E-state index contributed by atoms with van der Waals surface area (Å²) in [4.78, 5) is 13.2. The lowest BCUT2D eigenvalue weighted by Crippen LogP contribution is -2.46. The number of halogens is 2. The van der Waals surface area contributed by atoms with Crippen LogP contribution in [0.5, 0.6) is 0 Å². The first kappa shape index (κ1) is 19.8. The van der Waals surface area contributed by atoms with Crippen LogP contribution < -0.4 is 5.32 Å². The van der Waals surface area contributed by atoms with E-state index in [0.717, 1.165) is 44.5 Å². The van der Waals surface area contributed by atoms with Crippen molar-refractivity contribution in [1.82, 2.24) is 14.8 Å². The molecule has 1 saturated carbocycles. The molecule has 1 aliphatic heterocycles. The minimum absolute atomic E-state index is 0.108. The maximum atomic E-state index is 14.6. The molecule has 3 aromatic rings. The van der Waals surface area contributed by atoms with Crippen molar-refractivity contribution < 1.29 is 13.6 Å². The van der Waals surface area contributed by atoms with E-state index in [4.69, 9.17) is 0 Å². The maximum Gasteiger partial charge on any atom is 0.235 e. The Bertz CT molecular complexity index is 1140. The van der Waals surface area contributed by atoms with Crippen LogP contribution in [-0.4, -0.2) is 20.7 Å². The van der Waals surface area contributed by atoms with E-state index in [1.807, 2.05) is 0 Å². The molecule has 5 nitrogen and oxygen atoms in total. The highest BCUT2D eigenvalue weighted by atomic mass is 19.1. The predicted octanol–water partition coefficient (Wildman–Crippen LogP) is 5.01. The van der Waals surface area contributed by atoms with Crippen LogP contribution in [0.3, 0.4) is 0 Å². The summed E-state index contributed by atoms with van der Waals surface area (Å²) in [7, 11) is 0. The first-order valence-corrected chi connectivity index (χ1v) is 10.9. The van der Waals surface area contributed by atoms with Crippen molar-refractivity contribution in [2.45, 2.75) is 56.9 Å². The first-order valence-electron chi connectivity index (χ1n) is 10.9. The Labute approximate surface area is 179 Å². The molecule has 0 spiro atoms. The molecule has 2 aliphatic rings. The summed E-state index contributed by atoms with van der Waals surface area (Å²) in [6.45, 7) is 0.833. The van der Waals surface area contributed by atoms with Crippen molar-refractivity contribution in [2.75, 3.05) is 5.32 Å². The van der Waals surface area contributed by atoms with Gasteiger partial charge in [0.25, 0.3) is 0 Å². The molecule has 7 heteroatoms. The SMILES string of the molecule is O=C(Nc1cc(-c2nnc3n2CCCCC3)ccc1F)C1(c2cccc(F)c2)CCC1. The Hall–Kier alpha value is -3.09. The van der Waals surface area contributed by atoms with Crippen LogP contribution >= 0.6 is 0 Å². The number of aryl methyl sites for hydroxylation is 1. The summed E-state index contributed by atoms with van der Waals surface area (Å²) in [6, 6.07) is 10.8. The minimum atomic E-state index is -0.823. The van der Waals surface area contributed by atoms with Gasteiger partial charge in [-0.2, -0.15) is 0 Å². The van der Waals surface area contributed by atoms with Crippen LogP contribution in [0.25, 0.3) is 11.4 Å². The van der Waals surface area contributed by atoms with E-state index in [1.165, 1.54) is 18.2 Å². The number of hydrogen-bond acceptors (Lipinski definition) is 3. The number of nitrogens with zero attached hydrogens (tertiary/aromatic N) is 3. The molecule has 2 aromatic carbocycles. The van der Waals surface area contributed by atoms with E-state index in [-0.39, 0.29) is 17.4 Å². The zero-order valence-corrected chi connectivity index (χ0v) is 17.2. The topological polar surface area (TPSA) is 59.8 Å². The molecule has 0 unspecified atom stereocenters. The van der Waals surface area contributed by atoms with E-state index in [0.29, 0.717) is 29.8 Å². The summed E-state index contributed by atoms with van der Waals surface area (Å²) in [5.74, 6) is 0.442. The van der Waals surface area contributed by atoms with Crippen LogP contribution in [0.1, 0.15) is 49.9 Å². The fraction of sp³-hybridized carbons (Fsp3) is 0.375. The second kappa shape index (κ2) is 7.87. The third-order valence-electron chi connectivity index (χ3n) is 6.60. The van der Waals surface area contributed by atoms with Gasteiger partial charge in [0.2, 0.25) is 5.91 Å². The van der Waals surface area contributed by atoms with Crippen LogP contribution in [0, 0.1) is 11.6 Å². The van der Waals surface area contributed by atoms with Gasteiger partial charge in [0.15, 0.2) is 5.82 Å². The molecule has 31 heavy (non-hydrogen) atoms. The summed E-state index contributed by atoms with van der Waals surface area (Å²) in [5, 5.41) is 11.4. The standard InChI is InChI=1S/C24H24F2N4O/c25-18-7-4-6-17(15-18)24(11-5-12-24)23(31)27-20-14-16(9-10-19(20)26)22-29-28-21-8-2-1-3-13-30(21)22/h4,6-7,9-10,14-15H,1-3,5,8,11-13H2,(H,27,31). The van der Waals surface area contributed by atoms with Gasteiger partial charge in [-0.25, -0.2) is 8.78 Å². The van der Waals surface area contributed by atoms with E-state index in [2.05, 4.69) is 20.1 Å². The molecule has 0 atom stereocenters. The number of hydrogen-bond donors (Lipinski definition) is 1. The van der Waals surface area contributed by atoms with Crippen molar-refractivity contribution >= 4 is 11.6 Å². The van der Waals surface area contributed by atoms with E-state index in [1.54, 1.807) is 24.3 Å². The van der Waals surface area contributed by atoms with Gasteiger partial charge in [-0.15, -0.1) is 10.2 Å². The third-order valence-corrected chi connectivity index (χ3v) is 6.60. The quantitative estimate of drug-likeness (QED) is 0.643. The average Bonchev–Trinajstić information content (AvgIpc) is 2.97. The molecule has 1 N–H and O–H groups in total. The Morgan fingerprint density at radius 3 is 2.65 bits per heavy atom. The van der Waals surface area contributed by atoms with Gasteiger partial charge in [0.05, 0.1) is 11.1 Å². The predicted molar refractivity (Wildman–Crippen MR) is 114 cm³/mol. The molecule has 5 rings (SSSR count). The van der Waals surface area contributed by atoms with Crippen LogP contribution in [-0.2, 0) is 23.2 Å². The third kappa shape index (κ3) is 3.52. The Kier molecular flexibility index (Phi) is 5.04. The van der Waals surface area contributed by atoms with Gasteiger partial charge in [0.1, 0.15) is 17.5 Å². The fourth-order valence-electron chi connectivity index (χ4n) is 4.66. The van der Waals surface area contributed by atoms with Gasteiger partial charge < -0.3 is 9.88 Å². The number of aromatic nitrogens is 3. The van der Waals surface area contributed by atoms with E-state index in [9.17, 15) is 13.6 Å². The minimum Gasteiger partial charge on any atom is -0.323 e. The van der Waals surface area contributed by atoms with Gasteiger partial charge >= 0.3 is 0 Å². The number of anilines is 1. The summed E-state index contributed by atoms with van der Waals surface area (Å²) in [6.07, 6.45) is 6.27. The van der Waals surface area contributed by atoms with Gasteiger partial charge in [-0.3, -0.25) is 4.79 Å². The number of amides is 1. The lowest BCUT2D eigenvalue weighted by molar-refractivity contribution is -0.124. The largest absolute Gasteiger partial charge is 0.323 e. The Balaban J connectivity index is 1.45. The number of carbonyl (C=O) groups is 1. The van der Waals surface area contributed by atoms with Crippen LogP contribution in [0.4, 0.5) is 14.5 Å². The normalized spacial score (nSPS) is 17.4. The Morgan fingerprint density at radius 1 is 1.00 bits per heavy atom. The lowest BCUT2D eigenvalue weighted by Gasteiger charge is -2.40. The summed E-state index contributed by atoms with van der Waals surface area (Å²) in [5.41, 5.74) is 0.633. The first-order chi connectivity index (χ1) is 15.1. The van der Waals surface area contributed by atoms with Crippen molar-refractivity contribution in [1.29, 1.82) is 0 Å². The van der Waals surface area contributed by atoms with Crippen molar-refractivity contribution in [2.24, 2.45) is 0 Å². The number of nitrogens with one attached hydrogen (secondary N) is 1. The molecule has 1 amide bonds. The molecular formula is C24H24F2N4O. The lowest BCUT2D eigenvalue weighted by atomic mass is 9.63. The molecule has 0 radical (unpaired) electrons. The molecule has 0 bridgehead atoms. The average molecular weight is 422 g/mol. The van der Waals surface area contributed by atoms with Crippen LogP contribution in [0.2, 0.25) is 0 Å². The molecule has 1 aromatic heterocycles. The second-order valence-electron chi connectivity index (χ2n) is 8.50.